The maximum Gasteiger partial charge on any atom is 0.254 e. The maximum atomic E-state index is 12.6. The van der Waals surface area contributed by atoms with Crippen LogP contribution < -0.4 is 0 Å². The van der Waals surface area contributed by atoms with Gasteiger partial charge in [-0.1, -0.05) is 37.5 Å². The number of piperazine rings is 1. The van der Waals surface area contributed by atoms with Crippen molar-refractivity contribution in [1.29, 1.82) is 0 Å². The van der Waals surface area contributed by atoms with E-state index >= 15 is 0 Å². The molecule has 0 aromatic heterocycles. The molecule has 1 amide bonds. The molecule has 1 aliphatic heterocycles. The minimum absolute atomic E-state index is 0.205. The Hall–Kier alpha value is -1.35. The van der Waals surface area contributed by atoms with E-state index < -0.39 is 0 Å². The van der Waals surface area contributed by atoms with Gasteiger partial charge in [-0.2, -0.15) is 0 Å². The quantitative estimate of drug-likeness (QED) is 0.834. The molecule has 2 fully saturated rings. The fraction of sp³-hybridized carbons (Fsp3) is 0.611. The lowest BCUT2D eigenvalue weighted by Gasteiger charge is -2.40. The van der Waals surface area contributed by atoms with Crippen LogP contribution in [0.3, 0.4) is 0 Å². The molecule has 21 heavy (non-hydrogen) atoms. The van der Waals surface area contributed by atoms with Gasteiger partial charge in [-0.25, -0.2) is 0 Å². The molecular weight excluding hydrogens is 260 g/mol. The van der Waals surface area contributed by atoms with E-state index in [1.165, 1.54) is 32.1 Å². The molecule has 1 saturated carbocycles. The molecule has 3 heteroatoms. The molecule has 1 heterocycles. The van der Waals surface area contributed by atoms with E-state index in [4.69, 9.17) is 0 Å². The van der Waals surface area contributed by atoms with Crippen LogP contribution in [-0.2, 0) is 0 Å². The van der Waals surface area contributed by atoms with Gasteiger partial charge in [0.1, 0.15) is 0 Å². The first-order valence-corrected chi connectivity index (χ1v) is 8.34. The Morgan fingerprint density at radius 3 is 2.33 bits per heavy atom. The van der Waals surface area contributed by atoms with E-state index in [0.717, 1.165) is 43.3 Å². The first-order valence-electron chi connectivity index (χ1n) is 8.34. The molecule has 3 rings (SSSR count). The zero-order valence-corrected chi connectivity index (χ0v) is 13.1. The Balaban J connectivity index is 1.58. The van der Waals surface area contributed by atoms with Crippen LogP contribution >= 0.6 is 0 Å². The molecule has 3 nitrogen and oxygen atoms in total. The average molecular weight is 286 g/mol. The third-order valence-corrected chi connectivity index (χ3v) is 5.07. The molecule has 1 saturated heterocycles. The van der Waals surface area contributed by atoms with Crippen molar-refractivity contribution in [2.45, 2.75) is 45.1 Å². The van der Waals surface area contributed by atoms with Gasteiger partial charge in [0.05, 0.1) is 0 Å². The van der Waals surface area contributed by atoms with Crippen molar-refractivity contribution in [3.63, 3.8) is 0 Å². The summed E-state index contributed by atoms with van der Waals surface area (Å²) < 4.78 is 0. The van der Waals surface area contributed by atoms with Crippen molar-refractivity contribution in [3.05, 3.63) is 35.4 Å². The fourth-order valence-electron chi connectivity index (χ4n) is 3.72. The molecule has 1 aliphatic carbocycles. The van der Waals surface area contributed by atoms with Crippen molar-refractivity contribution in [2.24, 2.45) is 0 Å². The summed E-state index contributed by atoms with van der Waals surface area (Å²) in [6.45, 7) is 5.86. The number of hydrogen-bond acceptors (Lipinski definition) is 2. The summed E-state index contributed by atoms with van der Waals surface area (Å²) in [5.41, 5.74) is 1.95. The number of carbonyl (C=O) groups is 1. The average Bonchev–Trinajstić information content (AvgIpc) is 2.56. The number of benzene rings is 1. The van der Waals surface area contributed by atoms with Gasteiger partial charge in [-0.15, -0.1) is 0 Å². The zero-order valence-electron chi connectivity index (χ0n) is 13.1. The van der Waals surface area contributed by atoms with E-state index in [-0.39, 0.29) is 5.91 Å². The minimum atomic E-state index is 0.205. The predicted molar refractivity (Wildman–Crippen MR) is 85.5 cm³/mol. The normalized spacial score (nSPS) is 21.5. The lowest BCUT2D eigenvalue weighted by atomic mass is 9.94. The van der Waals surface area contributed by atoms with Crippen LogP contribution in [0, 0.1) is 6.92 Å². The third-order valence-electron chi connectivity index (χ3n) is 5.07. The van der Waals surface area contributed by atoms with E-state index in [9.17, 15) is 4.79 Å². The second-order valence-electron chi connectivity index (χ2n) is 6.43. The van der Waals surface area contributed by atoms with Crippen molar-refractivity contribution >= 4 is 5.91 Å². The standard InChI is InChI=1S/C18H26N2O/c1-15-7-5-6-10-17(15)18(21)20-13-11-19(12-14-20)16-8-3-2-4-9-16/h5-7,10,16H,2-4,8-9,11-14H2,1H3. The number of nitrogens with zero attached hydrogens (tertiary/aromatic N) is 2. The number of carbonyl (C=O) groups excluding carboxylic acids is 1. The molecule has 0 unspecified atom stereocenters. The second kappa shape index (κ2) is 6.61. The van der Waals surface area contributed by atoms with Gasteiger partial charge >= 0.3 is 0 Å². The van der Waals surface area contributed by atoms with E-state index in [1.807, 2.05) is 36.1 Å². The SMILES string of the molecule is Cc1ccccc1C(=O)N1CCN(C2CCCCC2)CC1. The van der Waals surface area contributed by atoms with Crippen molar-refractivity contribution in [1.82, 2.24) is 9.80 Å². The number of hydrogen-bond donors (Lipinski definition) is 0. The first kappa shape index (κ1) is 14.6. The van der Waals surface area contributed by atoms with Crippen LogP contribution in [0.1, 0.15) is 48.0 Å². The highest BCUT2D eigenvalue weighted by Crippen LogP contribution is 2.24. The Morgan fingerprint density at radius 2 is 1.67 bits per heavy atom. The second-order valence-corrected chi connectivity index (χ2v) is 6.43. The lowest BCUT2D eigenvalue weighted by molar-refractivity contribution is 0.0522. The Labute approximate surface area is 127 Å². The summed E-state index contributed by atoms with van der Waals surface area (Å²) in [4.78, 5) is 17.3. The zero-order chi connectivity index (χ0) is 14.7. The smallest absolute Gasteiger partial charge is 0.254 e. The summed E-state index contributed by atoms with van der Waals surface area (Å²) in [5.74, 6) is 0.205. The molecule has 0 atom stereocenters. The van der Waals surface area contributed by atoms with Crippen LogP contribution in [0.5, 0.6) is 0 Å². The lowest BCUT2D eigenvalue weighted by Crippen LogP contribution is -2.52. The summed E-state index contributed by atoms with van der Waals surface area (Å²) in [6, 6.07) is 8.69. The fourth-order valence-corrected chi connectivity index (χ4v) is 3.72. The molecule has 0 spiro atoms. The van der Waals surface area contributed by atoms with Gasteiger partial charge in [0.15, 0.2) is 0 Å². The van der Waals surface area contributed by atoms with Gasteiger partial charge in [0.25, 0.3) is 5.91 Å². The van der Waals surface area contributed by atoms with Crippen molar-refractivity contribution in [3.8, 4) is 0 Å². The highest BCUT2D eigenvalue weighted by Gasteiger charge is 2.27. The van der Waals surface area contributed by atoms with E-state index in [1.54, 1.807) is 0 Å². The Bertz CT molecular complexity index is 486. The topological polar surface area (TPSA) is 23.6 Å². The van der Waals surface area contributed by atoms with Crippen molar-refractivity contribution < 1.29 is 4.79 Å². The van der Waals surface area contributed by atoms with E-state index in [0.29, 0.717) is 0 Å². The van der Waals surface area contributed by atoms with Crippen LogP contribution in [0.4, 0.5) is 0 Å². The van der Waals surface area contributed by atoms with Crippen LogP contribution in [-0.4, -0.2) is 47.9 Å². The molecule has 0 radical (unpaired) electrons. The van der Waals surface area contributed by atoms with Gasteiger partial charge in [-0.3, -0.25) is 9.69 Å². The summed E-state index contributed by atoms with van der Waals surface area (Å²) in [7, 11) is 0. The van der Waals surface area contributed by atoms with Crippen LogP contribution in [0.25, 0.3) is 0 Å². The molecule has 2 aliphatic rings. The molecular formula is C18H26N2O. The van der Waals surface area contributed by atoms with Gasteiger partial charge in [-0.05, 0) is 31.4 Å². The third kappa shape index (κ3) is 3.29. The summed E-state index contributed by atoms with van der Waals surface area (Å²) in [6.07, 6.45) is 6.87. The molecule has 0 bridgehead atoms. The molecule has 0 N–H and O–H groups in total. The number of aryl methyl sites for hydroxylation is 1. The van der Waals surface area contributed by atoms with Crippen LogP contribution in [0.2, 0.25) is 0 Å². The van der Waals surface area contributed by atoms with E-state index in [2.05, 4.69) is 4.90 Å². The Kier molecular flexibility index (Phi) is 4.59. The van der Waals surface area contributed by atoms with Gasteiger partial charge in [0, 0.05) is 37.8 Å². The number of amides is 1. The minimum Gasteiger partial charge on any atom is -0.336 e. The molecule has 1 aromatic carbocycles. The largest absolute Gasteiger partial charge is 0.336 e. The first-order chi connectivity index (χ1) is 10.3. The summed E-state index contributed by atoms with van der Waals surface area (Å²) in [5, 5.41) is 0. The predicted octanol–water partition coefficient (Wildman–Crippen LogP) is 3.09. The van der Waals surface area contributed by atoms with Crippen LogP contribution in [0.15, 0.2) is 24.3 Å². The monoisotopic (exact) mass is 286 g/mol. The molecule has 1 aromatic rings. The molecule has 114 valence electrons. The highest BCUT2D eigenvalue weighted by atomic mass is 16.2. The summed E-state index contributed by atoms with van der Waals surface area (Å²) >= 11 is 0. The Morgan fingerprint density at radius 1 is 1.00 bits per heavy atom. The maximum absolute atomic E-state index is 12.6. The number of rotatable bonds is 2. The van der Waals surface area contributed by atoms with Gasteiger partial charge in [0.2, 0.25) is 0 Å². The van der Waals surface area contributed by atoms with Gasteiger partial charge < -0.3 is 4.90 Å². The van der Waals surface area contributed by atoms with Crippen molar-refractivity contribution in [2.75, 3.05) is 26.2 Å². The highest BCUT2D eigenvalue weighted by molar-refractivity contribution is 5.95.